The molecule has 2 atom stereocenters. The van der Waals surface area contributed by atoms with Gasteiger partial charge < -0.3 is 5.32 Å². The summed E-state index contributed by atoms with van der Waals surface area (Å²) >= 11 is 0. The van der Waals surface area contributed by atoms with Gasteiger partial charge in [0.25, 0.3) is 0 Å². The number of nitrogens with one attached hydrogen (secondary N) is 1. The molecule has 1 saturated carbocycles. The van der Waals surface area contributed by atoms with Crippen LogP contribution in [-0.4, -0.2) is 37.1 Å². The van der Waals surface area contributed by atoms with Crippen molar-refractivity contribution in [3.63, 3.8) is 0 Å². The average molecular weight is 252 g/mol. The number of likely N-dealkylation sites (tertiary alicyclic amines) is 1. The lowest BCUT2D eigenvalue weighted by Gasteiger charge is -2.39. The first-order chi connectivity index (χ1) is 8.54. The van der Waals surface area contributed by atoms with Gasteiger partial charge in [0.1, 0.15) is 0 Å². The maximum Gasteiger partial charge on any atom is 0.0124 e. The van der Waals surface area contributed by atoms with Crippen molar-refractivity contribution in [2.45, 2.75) is 71.4 Å². The highest BCUT2D eigenvalue weighted by Crippen LogP contribution is 2.37. The Hall–Kier alpha value is -0.0800. The van der Waals surface area contributed by atoms with Crippen molar-refractivity contribution in [2.75, 3.05) is 20.1 Å². The van der Waals surface area contributed by atoms with Crippen LogP contribution in [0.2, 0.25) is 0 Å². The van der Waals surface area contributed by atoms with Crippen molar-refractivity contribution < 1.29 is 0 Å². The monoisotopic (exact) mass is 252 g/mol. The Kier molecular flexibility index (Phi) is 4.71. The molecule has 0 bridgehead atoms. The van der Waals surface area contributed by atoms with Crippen LogP contribution in [0.15, 0.2) is 0 Å². The molecular weight excluding hydrogens is 220 g/mol. The summed E-state index contributed by atoms with van der Waals surface area (Å²) in [6, 6.07) is 1.48. The van der Waals surface area contributed by atoms with Crippen LogP contribution in [0.3, 0.4) is 0 Å². The largest absolute Gasteiger partial charge is 0.317 e. The van der Waals surface area contributed by atoms with Crippen LogP contribution in [0.25, 0.3) is 0 Å². The third kappa shape index (κ3) is 3.08. The summed E-state index contributed by atoms with van der Waals surface area (Å²) in [6.07, 6.45) is 8.81. The summed E-state index contributed by atoms with van der Waals surface area (Å²) in [5, 5.41) is 3.44. The predicted molar refractivity (Wildman–Crippen MR) is 78.9 cm³/mol. The molecule has 1 N–H and O–H groups in total. The fraction of sp³-hybridized carbons (Fsp3) is 1.00. The van der Waals surface area contributed by atoms with E-state index < -0.39 is 0 Å². The van der Waals surface area contributed by atoms with Crippen molar-refractivity contribution in [1.82, 2.24) is 10.2 Å². The average Bonchev–Trinajstić information content (AvgIpc) is 2.97. The molecule has 2 nitrogen and oxygen atoms in total. The van der Waals surface area contributed by atoms with Gasteiger partial charge in [-0.15, -0.1) is 0 Å². The molecule has 1 aliphatic carbocycles. The number of hydrogen-bond donors (Lipinski definition) is 1. The Morgan fingerprint density at radius 3 is 2.44 bits per heavy atom. The van der Waals surface area contributed by atoms with Crippen LogP contribution >= 0.6 is 0 Å². The van der Waals surface area contributed by atoms with E-state index in [1.165, 1.54) is 51.6 Å². The predicted octanol–water partition coefficient (Wildman–Crippen LogP) is 3.28. The summed E-state index contributed by atoms with van der Waals surface area (Å²) in [5.74, 6) is 1.01. The number of hydrogen-bond acceptors (Lipinski definition) is 2. The Labute approximate surface area is 114 Å². The fourth-order valence-electron chi connectivity index (χ4n) is 3.98. The highest BCUT2D eigenvalue weighted by Gasteiger charge is 2.37. The fourth-order valence-corrected chi connectivity index (χ4v) is 3.98. The molecule has 2 aliphatic rings. The molecule has 1 aliphatic heterocycles. The molecule has 1 heterocycles. The summed E-state index contributed by atoms with van der Waals surface area (Å²) in [6.45, 7) is 9.74. The van der Waals surface area contributed by atoms with E-state index in [4.69, 9.17) is 0 Å². The summed E-state index contributed by atoms with van der Waals surface area (Å²) in [4.78, 5) is 2.81. The highest BCUT2D eigenvalue weighted by molar-refractivity contribution is 4.92. The highest BCUT2D eigenvalue weighted by atomic mass is 15.2. The zero-order chi connectivity index (χ0) is 13.2. The third-order valence-corrected chi connectivity index (χ3v) is 5.57. The molecule has 2 unspecified atom stereocenters. The lowest BCUT2D eigenvalue weighted by Crippen LogP contribution is -2.48. The van der Waals surface area contributed by atoms with Crippen molar-refractivity contribution in [3.05, 3.63) is 0 Å². The van der Waals surface area contributed by atoms with E-state index in [0.717, 1.165) is 12.0 Å². The van der Waals surface area contributed by atoms with E-state index in [9.17, 15) is 0 Å². The van der Waals surface area contributed by atoms with Crippen LogP contribution in [0.5, 0.6) is 0 Å². The number of nitrogens with zero attached hydrogens (tertiary/aromatic N) is 1. The van der Waals surface area contributed by atoms with Gasteiger partial charge in [0, 0.05) is 18.6 Å². The molecule has 2 rings (SSSR count). The quantitative estimate of drug-likeness (QED) is 0.808. The van der Waals surface area contributed by atoms with E-state index >= 15 is 0 Å². The molecule has 1 saturated heterocycles. The van der Waals surface area contributed by atoms with Crippen molar-refractivity contribution in [3.8, 4) is 0 Å². The summed E-state index contributed by atoms with van der Waals surface area (Å²) in [5.41, 5.74) is 0.371. The summed E-state index contributed by atoms with van der Waals surface area (Å²) < 4.78 is 0. The first kappa shape index (κ1) is 14.3. The van der Waals surface area contributed by atoms with E-state index in [2.05, 4.69) is 38.0 Å². The van der Waals surface area contributed by atoms with Crippen LogP contribution in [0, 0.1) is 11.3 Å². The van der Waals surface area contributed by atoms with Crippen molar-refractivity contribution in [1.29, 1.82) is 0 Å². The van der Waals surface area contributed by atoms with Gasteiger partial charge in [-0.1, -0.05) is 26.7 Å². The lowest BCUT2D eigenvalue weighted by atomic mass is 9.84. The maximum atomic E-state index is 3.44. The molecule has 0 aromatic carbocycles. The Balaban J connectivity index is 1.94. The van der Waals surface area contributed by atoms with Gasteiger partial charge in [-0.25, -0.2) is 0 Å². The zero-order valence-electron chi connectivity index (χ0n) is 12.8. The lowest BCUT2D eigenvalue weighted by molar-refractivity contribution is 0.110. The molecule has 0 spiro atoms. The minimum Gasteiger partial charge on any atom is -0.317 e. The summed E-state index contributed by atoms with van der Waals surface area (Å²) in [7, 11) is 2.09. The molecule has 0 aromatic heterocycles. The van der Waals surface area contributed by atoms with E-state index in [1.807, 2.05) is 0 Å². The van der Waals surface area contributed by atoms with Gasteiger partial charge in [-0.05, 0) is 57.5 Å². The molecule has 0 aromatic rings. The van der Waals surface area contributed by atoms with Crippen LogP contribution in [-0.2, 0) is 0 Å². The topological polar surface area (TPSA) is 15.3 Å². The molecule has 18 heavy (non-hydrogen) atoms. The van der Waals surface area contributed by atoms with Gasteiger partial charge in [0.05, 0.1) is 0 Å². The molecule has 2 fully saturated rings. The second-order valence-electron chi connectivity index (χ2n) is 7.22. The van der Waals surface area contributed by atoms with Gasteiger partial charge in [-0.2, -0.15) is 0 Å². The Bertz CT molecular complexity index is 256. The van der Waals surface area contributed by atoms with Crippen molar-refractivity contribution >= 4 is 0 Å². The Morgan fingerprint density at radius 2 is 1.83 bits per heavy atom. The zero-order valence-corrected chi connectivity index (χ0v) is 12.8. The first-order valence-electron chi connectivity index (χ1n) is 7.96. The first-order valence-corrected chi connectivity index (χ1v) is 7.96. The van der Waals surface area contributed by atoms with E-state index in [1.54, 1.807) is 0 Å². The SMILES string of the molecule is CNC(C)C(C)(C)CN1CCCC1C1CCCC1. The smallest absolute Gasteiger partial charge is 0.0124 e. The molecule has 0 amide bonds. The molecule has 0 radical (unpaired) electrons. The van der Waals surface area contributed by atoms with Gasteiger partial charge in [0.15, 0.2) is 0 Å². The molecular formula is C16H32N2. The second kappa shape index (κ2) is 5.92. The molecule has 2 heteroatoms. The maximum absolute atomic E-state index is 3.44. The van der Waals surface area contributed by atoms with Gasteiger partial charge in [-0.3, -0.25) is 4.90 Å². The normalized spacial score (nSPS) is 29.0. The number of rotatable bonds is 5. The standard InChI is InChI=1S/C16H32N2/c1-13(17-4)16(2,3)12-18-11-7-10-15(18)14-8-5-6-9-14/h13-15,17H,5-12H2,1-4H3. The van der Waals surface area contributed by atoms with E-state index in [-0.39, 0.29) is 0 Å². The van der Waals surface area contributed by atoms with Gasteiger partial charge >= 0.3 is 0 Å². The Morgan fingerprint density at radius 1 is 1.17 bits per heavy atom. The van der Waals surface area contributed by atoms with Crippen LogP contribution in [0.1, 0.15) is 59.3 Å². The van der Waals surface area contributed by atoms with Crippen molar-refractivity contribution in [2.24, 2.45) is 11.3 Å². The van der Waals surface area contributed by atoms with Crippen LogP contribution in [0.4, 0.5) is 0 Å². The minimum absolute atomic E-state index is 0.371. The third-order valence-electron chi connectivity index (χ3n) is 5.57. The molecule has 106 valence electrons. The van der Waals surface area contributed by atoms with Gasteiger partial charge in [0.2, 0.25) is 0 Å². The minimum atomic E-state index is 0.371. The van der Waals surface area contributed by atoms with Crippen LogP contribution < -0.4 is 5.32 Å². The van der Waals surface area contributed by atoms with E-state index in [0.29, 0.717) is 11.5 Å². The second-order valence-corrected chi connectivity index (χ2v) is 7.22.